The highest BCUT2D eigenvalue weighted by atomic mass is 35.5. The highest BCUT2D eigenvalue weighted by molar-refractivity contribution is 6.30. The molecule has 0 unspecified atom stereocenters. The number of nitrogens with zero attached hydrogens (tertiary/aromatic N) is 1. The second kappa shape index (κ2) is 6.67. The van der Waals surface area contributed by atoms with E-state index in [-0.39, 0.29) is 12.5 Å². The fourth-order valence-electron chi connectivity index (χ4n) is 2.30. The molecule has 1 N–H and O–H groups in total. The molecule has 4 nitrogen and oxygen atoms in total. The summed E-state index contributed by atoms with van der Waals surface area (Å²) in [5.74, 6) is 0.369. The van der Waals surface area contributed by atoms with E-state index in [0.29, 0.717) is 10.8 Å². The standard InChI is InChI=1S/C18H15ClN2O2/c1-12-3-2-4-15-16(9-10-20-18(12)15)21-17(22)11-23-14-7-5-13(19)6-8-14/h2-10H,11H2,1H3,(H,20,21,22). The third-order valence-electron chi connectivity index (χ3n) is 3.43. The Hall–Kier alpha value is -2.59. The summed E-state index contributed by atoms with van der Waals surface area (Å²) in [4.78, 5) is 16.5. The highest BCUT2D eigenvalue weighted by Crippen LogP contribution is 2.23. The zero-order valence-corrected chi connectivity index (χ0v) is 13.3. The Kier molecular flexibility index (Phi) is 4.44. The second-order valence-corrected chi connectivity index (χ2v) is 5.56. The van der Waals surface area contributed by atoms with Crippen molar-refractivity contribution in [3.63, 3.8) is 0 Å². The van der Waals surface area contributed by atoms with Gasteiger partial charge in [0.15, 0.2) is 6.61 Å². The van der Waals surface area contributed by atoms with Gasteiger partial charge < -0.3 is 10.1 Å². The van der Waals surface area contributed by atoms with Crippen molar-refractivity contribution in [1.29, 1.82) is 0 Å². The van der Waals surface area contributed by atoms with Crippen molar-refractivity contribution >= 4 is 34.1 Å². The summed E-state index contributed by atoms with van der Waals surface area (Å²) in [6, 6.07) is 14.5. The van der Waals surface area contributed by atoms with Crippen molar-refractivity contribution in [2.24, 2.45) is 0 Å². The molecule has 0 bridgehead atoms. The molecule has 116 valence electrons. The predicted molar refractivity (Wildman–Crippen MR) is 92.1 cm³/mol. The number of amides is 1. The number of hydrogen-bond donors (Lipinski definition) is 1. The Bertz CT molecular complexity index is 847. The van der Waals surface area contributed by atoms with Crippen LogP contribution in [0.1, 0.15) is 5.56 Å². The quantitative estimate of drug-likeness (QED) is 0.781. The molecule has 1 aromatic heterocycles. The summed E-state index contributed by atoms with van der Waals surface area (Å²) in [5.41, 5.74) is 2.67. The molecule has 0 aliphatic carbocycles. The fourth-order valence-corrected chi connectivity index (χ4v) is 2.42. The number of aryl methyl sites for hydroxylation is 1. The van der Waals surface area contributed by atoms with E-state index in [9.17, 15) is 4.79 Å². The normalized spacial score (nSPS) is 10.5. The molecule has 0 radical (unpaired) electrons. The minimum absolute atomic E-state index is 0.0722. The van der Waals surface area contributed by atoms with Crippen molar-refractivity contribution in [1.82, 2.24) is 4.98 Å². The van der Waals surface area contributed by atoms with Gasteiger partial charge in [0.25, 0.3) is 5.91 Å². The summed E-state index contributed by atoms with van der Waals surface area (Å²) < 4.78 is 5.44. The molecular weight excluding hydrogens is 312 g/mol. The van der Waals surface area contributed by atoms with Crippen molar-refractivity contribution < 1.29 is 9.53 Å². The Morgan fingerprint density at radius 2 is 1.96 bits per heavy atom. The first-order chi connectivity index (χ1) is 11.1. The molecule has 0 fully saturated rings. The molecule has 2 aromatic carbocycles. The third kappa shape index (κ3) is 3.60. The van der Waals surface area contributed by atoms with Crippen LogP contribution in [-0.4, -0.2) is 17.5 Å². The predicted octanol–water partition coefficient (Wildman–Crippen LogP) is 4.21. The summed E-state index contributed by atoms with van der Waals surface area (Å²) in [6.07, 6.45) is 1.69. The maximum Gasteiger partial charge on any atom is 0.262 e. The van der Waals surface area contributed by atoms with Crippen LogP contribution in [0, 0.1) is 6.92 Å². The van der Waals surface area contributed by atoms with Gasteiger partial charge in [-0.3, -0.25) is 9.78 Å². The molecule has 0 aliphatic heterocycles. The SMILES string of the molecule is Cc1cccc2c(NC(=O)COc3ccc(Cl)cc3)ccnc12. The number of carbonyl (C=O) groups is 1. The zero-order valence-electron chi connectivity index (χ0n) is 12.5. The average molecular weight is 327 g/mol. The lowest BCUT2D eigenvalue weighted by molar-refractivity contribution is -0.118. The summed E-state index contributed by atoms with van der Waals surface area (Å²) in [5, 5.41) is 4.40. The lowest BCUT2D eigenvalue weighted by Crippen LogP contribution is -2.20. The van der Waals surface area contributed by atoms with Crippen LogP contribution in [0.25, 0.3) is 10.9 Å². The van der Waals surface area contributed by atoms with E-state index in [4.69, 9.17) is 16.3 Å². The van der Waals surface area contributed by atoms with Gasteiger partial charge in [0.1, 0.15) is 5.75 Å². The Morgan fingerprint density at radius 1 is 1.17 bits per heavy atom. The lowest BCUT2D eigenvalue weighted by atomic mass is 10.1. The molecule has 3 aromatic rings. The molecular formula is C18H15ClN2O2. The van der Waals surface area contributed by atoms with Crippen molar-refractivity contribution in [2.75, 3.05) is 11.9 Å². The topological polar surface area (TPSA) is 51.2 Å². The maximum absolute atomic E-state index is 12.1. The molecule has 0 aliphatic rings. The summed E-state index contributed by atoms with van der Waals surface area (Å²) in [7, 11) is 0. The lowest BCUT2D eigenvalue weighted by Gasteiger charge is -2.10. The number of ether oxygens (including phenoxy) is 1. The molecule has 0 saturated carbocycles. The first kappa shape index (κ1) is 15.3. The molecule has 3 rings (SSSR count). The first-order valence-corrected chi connectivity index (χ1v) is 7.54. The van der Waals surface area contributed by atoms with E-state index in [2.05, 4.69) is 10.3 Å². The van der Waals surface area contributed by atoms with Gasteiger partial charge in [-0.25, -0.2) is 0 Å². The van der Waals surface area contributed by atoms with Gasteiger partial charge in [-0.1, -0.05) is 29.8 Å². The highest BCUT2D eigenvalue weighted by Gasteiger charge is 2.08. The molecule has 0 saturated heterocycles. The van der Waals surface area contributed by atoms with E-state index < -0.39 is 0 Å². The van der Waals surface area contributed by atoms with Gasteiger partial charge >= 0.3 is 0 Å². The number of carbonyl (C=O) groups excluding carboxylic acids is 1. The molecule has 0 spiro atoms. The van der Waals surface area contributed by atoms with Crippen molar-refractivity contribution in [3.05, 3.63) is 65.3 Å². The van der Waals surface area contributed by atoms with E-state index in [1.807, 2.05) is 25.1 Å². The van der Waals surface area contributed by atoms with Crippen LogP contribution in [0.3, 0.4) is 0 Å². The third-order valence-corrected chi connectivity index (χ3v) is 3.68. The first-order valence-electron chi connectivity index (χ1n) is 7.16. The van der Waals surface area contributed by atoms with E-state index in [1.54, 1.807) is 36.5 Å². The van der Waals surface area contributed by atoms with Gasteiger partial charge in [0.05, 0.1) is 11.2 Å². The Balaban J connectivity index is 1.71. The smallest absolute Gasteiger partial charge is 0.262 e. The molecule has 0 atom stereocenters. The fraction of sp³-hybridized carbons (Fsp3) is 0.111. The minimum atomic E-state index is -0.228. The zero-order chi connectivity index (χ0) is 16.2. The van der Waals surface area contributed by atoms with E-state index >= 15 is 0 Å². The number of hydrogen-bond acceptors (Lipinski definition) is 3. The van der Waals surface area contributed by atoms with E-state index in [0.717, 1.165) is 22.2 Å². The number of benzene rings is 2. The average Bonchev–Trinajstić information content (AvgIpc) is 2.55. The molecule has 1 heterocycles. The Labute approximate surface area is 139 Å². The monoisotopic (exact) mass is 326 g/mol. The van der Waals surface area contributed by atoms with Gasteiger partial charge in [-0.05, 0) is 42.8 Å². The number of fused-ring (bicyclic) bond motifs is 1. The number of rotatable bonds is 4. The van der Waals surface area contributed by atoms with Crippen LogP contribution in [0.5, 0.6) is 5.75 Å². The van der Waals surface area contributed by atoms with Crippen molar-refractivity contribution in [2.45, 2.75) is 6.92 Å². The van der Waals surface area contributed by atoms with Crippen LogP contribution in [0.15, 0.2) is 54.7 Å². The van der Waals surface area contributed by atoms with Gasteiger partial charge in [0.2, 0.25) is 0 Å². The maximum atomic E-state index is 12.1. The van der Waals surface area contributed by atoms with E-state index in [1.165, 1.54) is 0 Å². The molecule has 23 heavy (non-hydrogen) atoms. The summed E-state index contributed by atoms with van der Waals surface area (Å²) in [6.45, 7) is 1.92. The minimum Gasteiger partial charge on any atom is -0.484 e. The van der Waals surface area contributed by atoms with Crippen LogP contribution in [0.4, 0.5) is 5.69 Å². The van der Waals surface area contributed by atoms with Gasteiger partial charge in [-0.15, -0.1) is 0 Å². The second-order valence-electron chi connectivity index (χ2n) is 5.12. The van der Waals surface area contributed by atoms with Crippen LogP contribution < -0.4 is 10.1 Å². The van der Waals surface area contributed by atoms with Gasteiger partial charge in [-0.2, -0.15) is 0 Å². The van der Waals surface area contributed by atoms with Crippen LogP contribution in [0.2, 0.25) is 5.02 Å². The van der Waals surface area contributed by atoms with Gasteiger partial charge in [0, 0.05) is 16.6 Å². The number of para-hydroxylation sites is 1. The molecule has 1 amide bonds. The number of aromatic nitrogens is 1. The van der Waals surface area contributed by atoms with Crippen LogP contribution >= 0.6 is 11.6 Å². The van der Waals surface area contributed by atoms with Crippen molar-refractivity contribution in [3.8, 4) is 5.75 Å². The number of anilines is 1. The number of halogens is 1. The largest absolute Gasteiger partial charge is 0.484 e. The number of nitrogens with one attached hydrogen (secondary N) is 1. The number of pyridine rings is 1. The molecule has 5 heteroatoms. The Morgan fingerprint density at radius 3 is 2.74 bits per heavy atom. The summed E-state index contributed by atoms with van der Waals surface area (Å²) >= 11 is 5.81. The van der Waals surface area contributed by atoms with Crippen LogP contribution in [-0.2, 0) is 4.79 Å².